The van der Waals surface area contributed by atoms with Crippen LogP contribution < -0.4 is 0 Å². The predicted octanol–water partition coefficient (Wildman–Crippen LogP) is 2.44. The highest BCUT2D eigenvalue weighted by atomic mass is 35.5. The third-order valence-electron chi connectivity index (χ3n) is 2.79. The summed E-state index contributed by atoms with van der Waals surface area (Å²) in [5.41, 5.74) is 2.19. The maximum Gasteiger partial charge on any atom is 0.255 e. The van der Waals surface area contributed by atoms with Crippen LogP contribution in [0.15, 0.2) is 6.07 Å². The molecule has 0 aliphatic rings. The molecule has 0 aliphatic heterocycles. The highest BCUT2D eigenvalue weighted by Gasteiger charge is 2.18. The van der Waals surface area contributed by atoms with Crippen LogP contribution in [0.3, 0.4) is 0 Å². The number of halogens is 1. The van der Waals surface area contributed by atoms with Crippen molar-refractivity contribution in [3.8, 4) is 0 Å². The third kappa shape index (κ3) is 3.67. The largest absolute Gasteiger partial charge is 0.339 e. The van der Waals surface area contributed by atoms with E-state index in [0.29, 0.717) is 31.0 Å². The fourth-order valence-corrected chi connectivity index (χ4v) is 1.90. The lowest BCUT2D eigenvalue weighted by atomic mass is 10.1. The number of aromatic nitrogens is 2. The van der Waals surface area contributed by atoms with Gasteiger partial charge < -0.3 is 4.90 Å². The summed E-state index contributed by atoms with van der Waals surface area (Å²) in [7, 11) is 0. The summed E-state index contributed by atoms with van der Waals surface area (Å²) in [6.07, 6.45) is 1.52. The van der Waals surface area contributed by atoms with Crippen LogP contribution in [0.5, 0.6) is 0 Å². The predicted molar refractivity (Wildman–Crippen MR) is 73.1 cm³/mol. The second-order valence-corrected chi connectivity index (χ2v) is 4.50. The Morgan fingerprint density at radius 2 is 2.11 bits per heavy atom. The summed E-state index contributed by atoms with van der Waals surface area (Å²) < 4.78 is 0. The molecule has 1 heterocycles. The molecule has 1 rings (SSSR count). The SMILES string of the molecule is CCc1nnc(C)cc1C(=O)N(CC)CCCCl. The molecule has 100 valence electrons. The minimum atomic E-state index is 0.0254. The van der Waals surface area contributed by atoms with Gasteiger partial charge in [0.15, 0.2) is 0 Å². The molecular formula is C13H20ClN3O. The molecule has 0 aromatic carbocycles. The molecule has 0 atom stereocenters. The quantitative estimate of drug-likeness (QED) is 0.745. The Kier molecular flexibility index (Phi) is 6.05. The Balaban J connectivity index is 2.96. The Labute approximate surface area is 113 Å². The molecule has 0 unspecified atom stereocenters. The van der Waals surface area contributed by atoms with Gasteiger partial charge in [-0.15, -0.1) is 11.6 Å². The highest BCUT2D eigenvalue weighted by molar-refractivity contribution is 6.17. The van der Waals surface area contributed by atoms with Crippen LogP contribution in [-0.2, 0) is 6.42 Å². The number of carbonyl (C=O) groups is 1. The van der Waals surface area contributed by atoms with Crippen molar-refractivity contribution in [1.29, 1.82) is 0 Å². The number of hydrogen-bond acceptors (Lipinski definition) is 3. The van der Waals surface area contributed by atoms with Crippen LogP contribution in [0.2, 0.25) is 0 Å². The van der Waals surface area contributed by atoms with E-state index >= 15 is 0 Å². The Hall–Kier alpha value is -1.16. The van der Waals surface area contributed by atoms with Gasteiger partial charge >= 0.3 is 0 Å². The summed E-state index contributed by atoms with van der Waals surface area (Å²) >= 11 is 5.68. The van der Waals surface area contributed by atoms with Gasteiger partial charge in [-0.05, 0) is 32.8 Å². The summed E-state index contributed by atoms with van der Waals surface area (Å²) in [4.78, 5) is 14.2. The topological polar surface area (TPSA) is 46.1 Å². The van der Waals surface area contributed by atoms with Gasteiger partial charge in [0.05, 0.1) is 17.0 Å². The zero-order valence-corrected chi connectivity index (χ0v) is 12.0. The van der Waals surface area contributed by atoms with Crippen LogP contribution in [0, 0.1) is 6.92 Å². The minimum absolute atomic E-state index is 0.0254. The fraction of sp³-hybridized carbons (Fsp3) is 0.615. The van der Waals surface area contributed by atoms with E-state index in [9.17, 15) is 4.79 Å². The molecular weight excluding hydrogens is 250 g/mol. The van der Waals surface area contributed by atoms with Crippen molar-refractivity contribution >= 4 is 17.5 Å². The molecule has 4 nitrogen and oxygen atoms in total. The zero-order chi connectivity index (χ0) is 13.5. The van der Waals surface area contributed by atoms with Crippen LogP contribution in [0.4, 0.5) is 0 Å². The van der Waals surface area contributed by atoms with Gasteiger partial charge in [0.2, 0.25) is 0 Å². The Bertz CT molecular complexity index is 409. The summed E-state index contributed by atoms with van der Waals surface area (Å²) in [5, 5.41) is 8.09. The van der Waals surface area contributed by atoms with Gasteiger partial charge in [-0.2, -0.15) is 10.2 Å². The Morgan fingerprint density at radius 3 is 2.67 bits per heavy atom. The summed E-state index contributed by atoms with van der Waals surface area (Å²) in [5.74, 6) is 0.593. The van der Waals surface area contributed by atoms with E-state index in [4.69, 9.17) is 11.6 Å². The monoisotopic (exact) mass is 269 g/mol. The molecule has 5 heteroatoms. The van der Waals surface area contributed by atoms with Gasteiger partial charge in [-0.25, -0.2) is 0 Å². The summed E-state index contributed by atoms with van der Waals surface area (Å²) in [6, 6.07) is 1.82. The number of rotatable bonds is 6. The molecule has 0 saturated heterocycles. The van der Waals surface area contributed by atoms with Crippen molar-refractivity contribution in [2.45, 2.75) is 33.6 Å². The smallest absolute Gasteiger partial charge is 0.255 e. The van der Waals surface area contributed by atoms with Crippen molar-refractivity contribution < 1.29 is 4.79 Å². The molecule has 0 bridgehead atoms. The Morgan fingerprint density at radius 1 is 1.39 bits per heavy atom. The number of nitrogens with zero attached hydrogens (tertiary/aromatic N) is 3. The van der Waals surface area contributed by atoms with Crippen molar-refractivity contribution in [1.82, 2.24) is 15.1 Å². The van der Waals surface area contributed by atoms with Gasteiger partial charge in [0.25, 0.3) is 5.91 Å². The van der Waals surface area contributed by atoms with Gasteiger partial charge in [0, 0.05) is 19.0 Å². The molecule has 0 spiro atoms. The van der Waals surface area contributed by atoms with Crippen molar-refractivity contribution in [2.24, 2.45) is 0 Å². The molecule has 0 aliphatic carbocycles. The lowest BCUT2D eigenvalue weighted by Gasteiger charge is -2.21. The van der Waals surface area contributed by atoms with E-state index in [-0.39, 0.29) is 5.91 Å². The van der Waals surface area contributed by atoms with E-state index in [1.807, 2.05) is 26.8 Å². The molecule has 18 heavy (non-hydrogen) atoms. The standard InChI is InChI=1S/C13H20ClN3O/c1-4-12-11(9-10(3)15-16-12)13(18)17(5-2)8-6-7-14/h9H,4-8H2,1-3H3. The molecule has 1 aromatic heterocycles. The van der Waals surface area contributed by atoms with E-state index in [1.165, 1.54) is 0 Å². The maximum absolute atomic E-state index is 12.4. The number of amides is 1. The van der Waals surface area contributed by atoms with Crippen LogP contribution in [0.1, 0.15) is 42.0 Å². The van der Waals surface area contributed by atoms with Crippen LogP contribution in [-0.4, -0.2) is 40.0 Å². The molecule has 1 aromatic rings. The number of alkyl halides is 1. The number of hydrogen-bond donors (Lipinski definition) is 0. The van der Waals surface area contributed by atoms with E-state index in [2.05, 4.69) is 10.2 Å². The third-order valence-corrected chi connectivity index (χ3v) is 3.06. The maximum atomic E-state index is 12.4. The molecule has 0 radical (unpaired) electrons. The second-order valence-electron chi connectivity index (χ2n) is 4.13. The highest BCUT2D eigenvalue weighted by Crippen LogP contribution is 2.11. The molecule has 0 saturated carbocycles. The van der Waals surface area contributed by atoms with Crippen molar-refractivity contribution in [3.63, 3.8) is 0 Å². The van der Waals surface area contributed by atoms with Crippen LogP contribution >= 0.6 is 11.6 Å². The normalized spacial score (nSPS) is 10.4. The zero-order valence-electron chi connectivity index (χ0n) is 11.2. The van der Waals surface area contributed by atoms with Gasteiger partial charge in [-0.3, -0.25) is 4.79 Å². The first-order chi connectivity index (χ1) is 8.63. The lowest BCUT2D eigenvalue weighted by Crippen LogP contribution is -2.33. The fourth-order valence-electron chi connectivity index (χ4n) is 1.78. The van der Waals surface area contributed by atoms with E-state index < -0.39 is 0 Å². The van der Waals surface area contributed by atoms with E-state index in [0.717, 1.165) is 17.8 Å². The average molecular weight is 270 g/mol. The molecule has 0 N–H and O–H groups in total. The van der Waals surface area contributed by atoms with E-state index in [1.54, 1.807) is 4.90 Å². The van der Waals surface area contributed by atoms with Crippen molar-refractivity contribution in [3.05, 3.63) is 23.0 Å². The average Bonchev–Trinajstić information content (AvgIpc) is 2.39. The number of aryl methyl sites for hydroxylation is 2. The first-order valence-corrected chi connectivity index (χ1v) is 6.85. The molecule has 1 amide bonds. The van der Waals surface area contributed by atoms with Gasteiger partial charge in [-0.1, -0.05) is 6.92 Å². The first-order valence-electron chi connectivity index (χ1n) is 6.32. The summed E-state index contributed by atoms with van der Waals surface area (Å²) in [6.45, 7) is 7.16. The first kappa shape index (κ1) is 14.9. The lowest BCUT2D eigenvalue weighted by molar-refractivity contribution is 0.0763. The molecule has 0 fully saturated rings. The second kappa shape index (κ2) is 7.31. The minimum Gasteiger partial charge on any atom is -0.339 e. The van der Waals surface area contributed by atoms with Gasteiger partial charge in [0.1, 0.15) is 0 Å². The van der Waals surface area contributed by atoms with Crippen molar-refractivity contribution in [2.75, 3.05) is 19.0 Å². The number of carbonyl (C=O) groups excluding carboxylic acids is 1. The van der Waals surface area contributed by atoms with Crippen LogP contribution in [0.25, 0.3) is 0 Å².